The van der Waals surface area contributed by atoms with Crippen LogP contribution in [0.3, 0.4) is 0 Å². The number of aldehydes is 1. The van der Waals surface area contributed by atoms with Crippen molar-refractivity contribution in [1.82, 2.24) is 4.98 Å². The third kappa shape index (κ3) is 1.91. The highest BCUT2D eigenvalue weighted by atomic mass is 19.1. The van der Waals surface area contributed by atoms with E-state index in [0.717, 1.165) is 6.07 Å². The summed E-state index contributed by atoms with van der Waals surface area (Å²) in [5.41, 5.74) is 0.920. The molecule has 3 nitrogen and oxygen atoms in total. The van der Waals surface area contributed by atoms with Crippen LogP contribution in [0.1, 0.15) is 26.4 Å². The zero-order chi connectivity index (χ0) is 11.5. The van der Waals surface area contributed by atoms with Gasteiger partial charge < -0.3 is 4.98 Å². The van der Waals surface area contributed by atoms with Crippen LogP contribution in [0, 0.1) is 5.82 Å². The number of aromatic nitrogens is 1. The quantitative estimate of drug-likeness (QED) is 0.632. The Hall–Kier alpha value is -2.23. The van der Waals surface area contributed by atoms with Gasteiger partial charge in [-0.1, -0.05) is 12.1 Å². The fourth-order valence-corrected chi connectivity index (χ4v) is 1.41. The fraction of sp³-hybridized carbons (Fsp3) is 0. The molecule has 0 amide bonds. The largest absolute Gasteiger partial charge is 0.358 e. The summed E-state index contributed by atoms with van der Waals surface area (Å²) in [5.74, 6) is -0.777. The lowest BCUT2D eigenvalue weighted by Crippen LogP contribution is -1.99. The molecule has 1 aromatic heterocycles. The lowest BCUT2D eigenvalue weighted by molar-refractivity contribution is 0.103. The Morgan fingerprint density at radius 2 is 2.06 bits per heavy atom. The van der Waals surface area contributed by atoms with Crippen molar-refractivity contribution in [2.45, 2.75) is 0 Å². The van der Waals surface area contributed by atoms with E-state index in [1.54, 1.807) is 0 Å². The van der Waals surface area contributed by atoms with Crippen LogP contribution in [0.5, 0.6) is 0 Å². The molecule has 1 N–H and O–H groups in total. The second-order valence-electron chi connectivity index (χ2n) is 3.30. The SMILES string of the molecule is O=Cc1cc(C(=O)c2cccc(F)c2)c[nH]1. The molecular weight excluding hydrogens is 209 g/mol. The van der Waals surface area contributed by atoms with E-state index < -0.39 is 5.82 Å². The lowest BCUT2D eigenvalue weighted by Gasteiger charge is -1.97. The molecule has 0 saturated heterocycles. The first-order valence-corrected chi connectivity index (χ1v) is 4.64. The molecule has 0 fully saturated rings. The Morgan fingerprint density at radius 1 is 1.25 bits per heavy atom. The van der Waals surface area contributed by atoms with Crippen molar-refractivity contribution < 1.29 is 14.0 Å². The normalized spacial score (nSPS) is 10.1. The first kappa shape index (κ1) is 10.3. The highest BCUT2D eigenvalue weighted by molar-refractivity contribution is 6.09. The van der Waals surface area contributed by atoms with Crippen molar-refractivity contribution in [3.63, 3.8) is 0 Å². The molecule has 2 rings (SSSR count). The van der Waals surface area contributed by atoms with E-state index in [1.807, 2.05) is 0 Å². The van der Waals surface area contributed by atoms with Gasteiger partial charge in [-0.3, -0.25) is 9.59 Å². The Labute approximate surface area is 90.9 Å². The van der Waals surface area contributed by atoms with Gasteiger partial charge in [0.1, 0.15) is 5.82 Å². The summed E-state index contributed by atoms with van der Waals surface area (Å²) in [7, 11) is 0. The molecule has 0 aliphatic carbocycles. The van der Waals surface area contributed by atoms with E-state index >= 15 is 0 Å². The van der Waals surface area contributed by atoms with E-state index in [9.17, 15) is 14.0 Å². The summed E-state index contributed by atoms with van der Waals surface area (Å²) in [6.45, 7) is 0. The van der Waals surface area contributed by atoms with Crippen LogP contribution in [-0.4, -0.2) is 17.1 Å². The topological polar surface area (TPSA) is 49.9 Å². The van der Waals surface area contributed by atoms with E-state index in [-0.39, 0.29) is 11.3 Å². The minimum atomic E-state index is -0.461. The molecule has 0 atom stereocenters. The number of benzene rings is 1. The number of nitrogens with one attached hydrogen (secondary N) is 1. The molecule has 0 bridgehead atoms. The van der Waals surface area contributed by atoms with Gasteiger partial charge >= 0.3 is 0 Å². The predicted molar refractivity (Wildman–Crippen MR) is 56.0 cm³/mol. The average Bonchev–Trinajstić information content (AvgIpc) is 2.76. The van der Waals surface area contributed by atoms with Crippen LogP contribution in [0.4, 0.5) is 4.39 Å². The highest BCUT2D eigenvalue weighted by Gasteiger charge is 2.11. The molecular formula is C12H8FNO2. The molecule has 0 unspecified atom stereocenters. The van der Waals surface area contributed by atoms with Gasteiger partial charge in [0, 0.05) is 17.3 Å². The molecule has 0 aliphatic heterocycles. The van der Waals surface area contributed by atoms with Crippen LogP contribution in [0.2, 0.25) is 0 Å². The van der Waals surface area contributed by atoms with E-state index in [0.29, 0.717) is 17.5 Å². The van der Waals surface area contributed by atoms with Crippen LogP contribution in [0.25, 0.3) is 0 Å². The van der Waals surface area contributed by atoms with Crippen LogP contribution in [-0.2, 0) is 0 Å². The summed E-state index contributed by atoms with van der Waals surface area (Å²) in [6.07, 6.45) is 2.04. The Bertz CT molecular complexity index is 545. The molecule has 0 aliphatic rings. The number of aromatic amines is 1. The van der Waals surface area contributed by atoms with Crippen molar-refractivity contribution in [2.24, 2.45) is 0 Å². The summed E-state index contributed by atoms with van der Waals surface area (Å²) in [6, 6.07) is 6.86. The molecule has 4 heteroatoms. The van der Waals surface area contributed by atoms with Gasteiger partial charge in [0.2, 0.25) is 0 Å². The number of rotatable bonds is 3. The van der Waals surface area contributed by atoms with Crippen LogP contribution >= 0.6 is 0 Å². The number of carbonyl (C=O) groups is 2. The van der Waals surface area contributed by atoms with Gasteiger partial charge in [-0.05, 0) is 18.2 Å². The molecule has 16 heavy (non-hydrogen) atoms. The first-order chi connectivity index (χ1) is 7.70. The minimum absolute atomic E-state index is 0.261. The molecule has 1 heterocycles. The maximum absolute atomic E-state index is 12.9. The highest BCUT2D eigenvalue weighted by Crippen LogP contribution is 2.11. The molecule has 0 saturated carbocycles. The predicted octanol–water partition coefficient (Wildman–Crippen LogP) is 2.20. The van der Waals surface area contributed by atoms with E-state index in [2.05, 4.69) is 4.98 Å². The second-order valence-corrected chi connectivity index (χ2v) is 3.30. The number of hydrogen-bond acceptors (Lipinski definition) is 2. The molecule has 2 aromatic rings. The van der Waals surface area contributed by atoms with Gasteiger partial charge in [-0.25, -0.2) is 4.39 Å². The summed E-state index contributed by atoms with van der Waals surface area (Å²) >= 11 is 0. The molecule has 0 radical (unpaired) electrons. The number of ketones is 1. The standard InChI is InChI=1S/C12H8FNO2/c13-10-3-1-2-8(4-10)12(16)9-5-11(7-15)14-6-9/h1-7,14H. The van der Waals surface area contributed by atoms with Crippen LogP contribution < -0.4 is 0 Å². The third-order valence-corrected chi connectivity index (χ3v) is 2.18. The average molecular weight is 217 g/mol. The van der Waals surface area contributed by atoms with Crippen molar-refractivity contribution in [3.05, 3.63) is 59.2 Å². The first-order valence-electron chi connectivity index (χ1n) is 4.64. The molecule has 1 aromatic carbocycles. The maximum Gasteiger partial charge on any atom is 0.194 e. The minimum Gasteiger partial charge on any atom is -0.358 e. The van der Waals surface area contributed by atoms with Crippen molar-refractivity contribution >= 4 is 12.1 Å². The van der Waals surface area contributed by atoms with Gasteiger partial charge in [0.05, 0.1) is 5.69 Å². The fourth-order valence-electron chi connectivity index (χ4n) is 1.41. The van der Waals surface area contributed by atoms with Crippen molar-refractivity contribution in [1.29, 1.82) is 0 Å². The number of halogens is 1. The Balaban J connectivity index is 2.35. The maximum atomic E-state index is 12.9. The smallest absolute Gasteiger partial charge is 0.194 e. The summed E-state index contributed by atoms with van der Waals surface area (Å²) < 4.78 is 12.9. The zero-order valence-electron chi connectivity index (χ0n) is 8.24. The van der Waals surface area contributed by atoms with Crippen LogP contribution in [0.15, 0.2) is 36.5 Å². The summed E-state index contributed by atoms with van der Waals surface area (Å²) in [4.78, 5) is 24.9. The summed E-state index contributed by atoms with van der Waals surface area (Å²) in [5, 5.41) is 0. The van der Waals surface area contributed by atoms with Gasteiger partial charge in [-0.2, -0.15) is 0 Å². The van der Waals surface area contributed by atoms with Crippen molar-refractivity contribution in [3.8, 4) is 0 Å². The molecule has 80 valence electrons. The Kier molecular flexibility index (Phi) is 2.64. The monoisotopic (exact) mass is 217 g/mol. The number of hydrogen-bond donors (Lipinski definition) is 1. The number of H-pyrrole nitrogens is 1. The lowest BCUT2D eigenvalue weighted by atomic mass is 10.1. The van der Waals surface area contributed by atoms with Gasteiger partial charge in [0.15, 0.2) is 12.1 Å². The zero-order valence-corrected chi connectivity index (χ0v) is 8.24. The Morgan fingerprint density at radius 3 is 2.69 bits per heavy atom. The van der Waals surface area contributed by atoms with E-state index in [1.165, 1.54) is 30.5 Å². The van der Waals surface area contributed by atoms with Crippen molar-refractivity contribution in [2.75, 3.05) is 0 Å². The van der Waals surface area contributed by atoms with Gasteiger partial charge in [0.25, 0.3) is 0 Å². The van der Waals surface area contributed by atoms with E-state index in [4.69, 9.17) is 0 Å². The molecule has 0 spiro atoms. The second kappa shape index (κ2) is 4.10. The van der Waals surface area contributed by atoms with Gasteiger partial charge in [-0.15, -0.1) is 0 Å². The number of carbonyl (C=O) groups excluding carboxylic acids is 2. The third-order valence-electron chi connectivity index (χ3n) is 2.18.